The van der Waals surface area contributed by atoms with Crippen molar-refractivity contribution in [3.05, 3.63) is 69.5 Å². The van der Waals surface area contributed by atoms with Crippen LogP contribution in [0.3, 0.4) is 0 Å². The highest BCUT2D eigenvalue weighted by molar-refractivity contribution is 7.92. The van der Waals surface area contributed by atoms with Crippen molar-refractivity contribution in [2.24, 2.45) is 0 Å². The van der Waals surface area contributed by atoms with Crippen molar-refractivity contribution in [3.63, 3.8) is 0 Å². The predicted molar refractivity (Wildman–Crippen MR) is 131 cm³/mol. The van der Waals surface area contributed by atoms with Gasteiger partial charge in [0.05, 0.1) is 27.2 Å². The average Bonchev–Trinajstić information content (AvgIpc) is 3.50. The van der Waals surface area contributed by atoms with Gasteiger partial charge in [-0.1, -0.05) is 23.7 Å². The monoisotopic (exact) mass is 560 g/mol. The Balaban J connectivity index is 1.33. The number of H-pyrrole nitrogens is 1. The molecule has 4 rings (SSSR count). The van der Waals surface area contributed by atoms with E-state index in [4.69, 9.17) is 16.3 Å². The number of aromatic amines is 1. The number of sulfonamides is 1. The Morgan fingerprint density at radius 2 is 2.03 bits per heavy atom. The average molecular weight is 561 g/mol. The van der Waals surface area contributed by atoms with E-state index >= 15 is 0 Å². The van der Waals surface area contributed by atoms with Gasteiger partial charge in [0, 0.05) is 35.5 Å². The molecule has 0 amide bonds. The van der Waals surface area contributed by atoms with Crippen molar-refractivity contribution >= 4 is 49.6 Å². The number of aromatic nitrogens is 2. The Morgan fingerprint density at radius 1 is 1.22 bits per heavy atom. The molecule has 0 saturated heterocycles. The van der Waals surface area contributed by atoms with Gasteiger partial charge < -0.3 is 15.2 Å². The number of nitrogens with zero attached hydrogens (tertiary/aromatic N) is 1. The molecule has 0 fully saturated rings. The molecule has 14 heteroatoms. The number of ether oxygens (including phenoxy) is 1. The normalized spacial score (nSPS) is 13.1. The number of hydrogen-bond acceptors (Lipinski definition) is 7. The van der Waals surface area contributed by atoms with E-state index in [1.54, 1.807) is 17.5 Å². The van der Waals surface area contributed by atoms with Crippen LogP contribution < -0.4 is 14.8 Å². The van der Waals surface area contributed by atoms with Crippen LogP contribution in [0.25, 0.3) is 10.9 Å². The lowest BCUT2D eigenvalue weighted by molar-refractivity contribution is -0.139. The molecule has 0 radical (unpaired) electrons. The maximum atomic E-state index is 12.9. The number of alkyl halides is 3. The van der Waals surface area contributed by atoms with Crippen LogP contribution in [-0.4, -0.2) is 43.4 Å². The molecule has 1 unspecified atom stereocenters. The largest absolute Gasteiger partial charge is 0.492 e. The molecular formula is C22H20ClF3N4O4S2. The van der Waals surface area contributed by atoms with E-state index < -0.39 is 28.0 Å². The Morgan fingerprint density at radius 3 is 2.75 bits per heavy atom. The molecular weight excluding hydrogens is 541 g/mol. The van der Waals surface area contributed by atoms with Gasteiger partial charge in [-0.2, -0.15) is 29.6 Å². The van der Waals surface area contributed by atoms with E-state index in [-0.39, 0.29) is 39.7 Å². The molecule has 0 aliphatic heterocycles. The minimum absolute atomic E-state index is 0.0527. The number of hydrogen-bond donors (Lipinski definition) is 4. The van der Waals surface area contributed by atoms with Crippen LogP contribution >= 0.6 is 22.9 Å². The number of rotatable bonds is 10. The number of anilines is 1. The third-order valence-electron chi connectivity index (χ3n) is 5.14. The van der Waals surface area contributed by atoms with Crippen molar-refractivity contribution in [3.8, 4) is 5.75 Å². The number of aliphatic hydroxyl groups is 1. The van der Waals surface area contributed by atoms with Crippen LogP contribution in [0.1, 0.15) is 17.4 Å². The molecule has 1 atom stereocenters. The van der Waals surface area contributed by atoms with Gasteiger partial charge in [-0.3, -0.25) is 9.82 Å². The quantitative estimate of drug-likeness (QED) is 0.207. The molecule has 0 saturated carbocycles. The first-order valence-electron chi connectivity index (χ1n) is 10.5. The van der Waals surface area contributed by atoms with Gasteiger partial charge in [-0.15, -0.1) is 0 Å². The number of thiophene rings is 1. The number of fused-ring (bicyclic) bond motifs is 1. The minimum Gasteiger partial charge on any atom is -0.492 e. The molecule has 0 spiro atoms. The second-order valence-corrected chi connectivity index (χ2v) is 10.5. The zero-order valence-corrected chi connectivity index (χ0v) is 20.7. The fourth-order valence-electron chi connectivity index (χ4n) is 3.41. The zero-order valence-electron chi connectivity index (χ0n) is 18.3. The van der Waals surface area contributed by atoms with Crippen LogP contribution in [0.15, 0.2) is 58.1 Å². The number of para-hydroxylation sites is 1. The summed E-state index contributed by atoms with van der Waals surface area (Å²) in [5.41, 5.74) is -0.417. The summed E-state index contributed by atoms with van der Waals surface area (Å²) >= 11 is 7.45. The smallest absolute Gasteiger partial charge is 0.433 e. The van der Waals surface area contributed by atoms with E-state index in [1.807, 2.05) is 5.10 Å². The van der Waals surface area contributed by atoms with Gasteiger partial charge in [0.2, 0.25) is 0 Å². The maximum absolute atomic E-state index is 12.9. The van der Waals surface area contributed by atoms with E-state index in [9.17, 15) is 26.7 Å². The van der Waals surface area contributed by atoms with Crippen molar-refractivity contribution in [1.29, 1.82) is 0 Å². The summed E-state index contributed by atoms with van der Waals surface area (Å²) in [7, 11) is -3.88. The first kappa shape index (κ1) is 26.2. The van der Waals surface area contributed by atoms with E-state index in [0.29, 0.717) is 17.9 Å². The Hall–Kier alpha value is -2.84. The zero-order chi connectivity index (χ0) is 25.9. The van der Waals surface area contributed by atoms with Crippen molar-refractivity contribution in [1.82, 2.24) is 15.5 Å². The van der Waals surface area contributed by atoms with E-state index in [0.717, 1.165) is 0 Å². The van der Waals surface area contributed by atoms with Crippen LogP contribution in [-0.2, 0) is 16.2 Å². The fourth-order valence-corrected chi connectivity index (χ4v) is 5.83. The molecule has 4 aromatic rings. The fraction of sp³-hybridized carbons (Fsp3) is 0.227. The summed E-state index contributed by atoms with van der Waals surface area (Å²) in [5.74, 6) is 0.338. The first-order chi connectivity index (χ1) is 17.1. The predicted octanol–water partition coefficient (Wildman–Crippen LogP) is 4.80. The highest BCUT2D eigenvalue weighted by Crippen LogP contribution is 2.34. The number of nitrogens with one attached hydrogen (secondary N) is 3. The van der Waals surface area contributed by atoms with Crippen molar-refractivity contribution in [2.45, 2.75) is 17.2 Å². The van der Waals surface area contributed by atoms with Gasteiger partial charge >= 0.3 is 6.18 Å². The molecule has 0 bridgehead atoms. The summed E-state index contributed by atoms with van der Waals surface area (Å²) < 4.78 is 72.1. The van der Waals surface area contributed by atoms with E-state index in [1.165, 1.54) is 47.0 Å². The molecule has 36 heavy (non-hydrogen) atoms. The van der Waals surface area contributed by atoms with Crippen LogP contribution in [0.4, 0.5) is 18.9 Å². The highest BCUT2D eigenvalue weighted by Gasteiger charge is 2.35. The SMILES string of the molecule is O=S(=O)(Nc1c(Cl)cccc1C(O)CNCCOc1ccc2c(C(F)(F)F)[nH]nc2c1)c1ccsc1. The summed E-state index contributed by atoms with van der Waals surface area (Å²) in [5, 5.41) is 22.5. The number of halogens is 4. The van der Waals surface area contributed by atoms with Crippen LogP contribution in [0.2, 0.25) is 5.02 Å². The van der Waals surface area contributed by atoms with Gasteiger partial charge in [-0.25, -0.2) is 8.42 Å². The van der Waals surface area contributed by atoms with Crippen molar-refractivity contribution in [2.75, 3.05) is 24.4 Å². The summed E-state index contributed by atoms with van der Waals surface area (Å²) in [4.78, 5) is 0.0887. The molecule has 2 aromatic carbocycles. The second-order valence-electron chi connectivity index (χ2n) is 7.61. The Kier molecular flexibility index (Phi) is 7.76. The van der Waals surface area contributed by atoms with Gasteiger partial charge in [0.1, 0.15) is 18.1 Å². The highest BCUT2D eigenvalue weighted by atomic mass is 35.5. The van der Waals surface area contributed by atoms with Crippen LogP contribution in [0.5, 0.6) is 5.75 Å². The number of aliphatic hydroxyl groups excluding tert-OH is 1. The third kappa shape index (κ3) is 5.93. The molecule has 8 nitrogen and oxygen atoms in total. The second kappa shape index (κ2) is 10.6. The van der Waals surface area contributed by atoms with Crippen LogP contribution in [0, 0.1) is 0 Å². The Bertz CT molecular complexity index is 1440. The summed E-state index contributed by atoms with van der Waals surface area (Å²) in [6.45, 7) is 0.506. The lowest BCUT2D eigenvalue weighted by Crippen LogP contribution is -2.27. The molecule has 4 N–H and O–H groups in total. The molecule has 0 aliphatic rings. The summed E-state index contributed by atoms with van der Waals surface area (Å²) in [6.07, 6.45) is -5.63. The van der Waals surface area contributed by atoms with Crippen molar-refractivity contribution < 1.29 is 31.4 Å². The summed E-state index contributed by atoms with van der Waals surface area (Å²) in [6, 6.07) is 10.2. The lowest BCUT2D eigenvalue weighted by Gasteiger charge is -2.18. The van der Waals surface area contributed by atoms with Gasteiger partial charge in [-0.05, 0) is 29.6 Å². The Labute approximate surface area is 213 Å². The van der Waals surface area contributed by atoms with Gasteiger partial charge in [0.25, 0.3) is 10.0 Å². The lowest BCUT2D eigenvalue weighted by atomic mass is 10.1. The first-order valence-corrected chi connectivity index (χ1v) is 13.3. The molecule has 2 aromatic heterocycles. The molecule has 192 valence electrons. The van der Waals surface area contributed by atoms with E-state index in [2.05, 4.69) is 15.1 Å². The molecule has 0 aliphatic carbocycles. The standard InChI is InChI=1S/C22H20ClF3N4O4S2/c23-17-3-1-2-16(20(17)30-36(32,33)14-6-9-35-12-14)19(31)11-27-7-8-34-13-4-5-15-18(10-13)28-29-21(15)22(24,25)26/h1-6,9-10,12,19,27,30-31H,7-8,11H2,(H,28,29). The van der Waals surface area contributed by atoms with Gasteiger partial charge in [0.15, 0.2) is 0 Å². The maximum Gasteiger partial charge on any atom is 0.433 e. The third-order valence-corrected chi connectivity index (χ3v) is 7.64. The number of benzene rings is 2. The minimum atomic E-state index is -4.53. The molecule has 2 heterocycles. The topological polar surface area (TPSA) is 116 Å².